The van der Waals surface area contributed by atoms with E-state index < -0.39 is 5.82 Å². The summed E-state index contributed by atoms with van der Waals surface area (Å²) in [4.78, 5) is 34.2. The molecule has 0 unspecified atom stereocenters. The Hall–Kier alpha value is -3.06. The van der Waals surface area contributed by atoms with Crippen LogP contribution in [0.3, 0.4) is 0 Å². The molecule has 2 heterocycles. The van der Waals surface area contributed by atoms with Crippen LogP contribution in [0.5, 0.6) is 0 Å². The maximum Gasteiger partial charge on any atom is 0.258 e. The van der Waals surface area contributed by atoms with Gasteiger partial charge in [0.2, 0.25) is 0 Å². The molecule has 0 bridgehead atoms. The van der Waals surface area contributed by atoms with Crippen molar-refractivity contribution in [2.75, 3.05) is 13.2 Å². The van der Waals surface area contributed by atoms with E-state index in [9.17, 15) is 14.0 Å². The van der Waals surface area contributed by atoms with Gasteiger partial charge in [-0.1, -0.05) is 12.1 Å². The highest BCUT2D eigenvalue weighted by molar-refractivity contribution is 5.94. The molecule has 7 heteroatoms. The minimum absolute atomic E-state index is 0.0587. The second-order valence-corrected chi connectivity index (χ2v) is 6.86. The number of benzene rings is 2. The molecule has 144 valence electrons. The highest BCUT2D eigenvalue weighted by atomic mass is 19.1. The zero-order valence-corrected chi connectivity index (χ0v) is 15.2. The minimum atomic E-state index is -0.400. The molecule has 3 aromatic rings. The average Bonchev–Trinajstić information content (AvgIpc) is 3.21. The number of amides is 1. The van der Waals surface area contributed by atoms with Crippen LogP contribution in [0.1, 0.15) is 29.0 Å². The summed E-state index contributed by atoms with van der Waals surface area (Å²) < 4.78 is 18.9. The summed E-state index contributed by atoms with van der Waals surface area (Å²) >= 11 is 0. The first kappa shape index (κ1) is 18.3. The van der Waals surface area contributed by atoms with Gasteiger partial charge in [-0.25, -0.2) is 9.37 Å². The third kappa shape index (κ3) is 3.94. The third-order valence-electron chi connectivity index (χ3n) is 4.83. The van der Waals surface area contributed by atoms with Gasteiger partial charge in [0.15, 0.2) is 0 Å². The molecule has 2 aromatic carbocycles. The van der Waals surface area contributed by atoms with Gasteiger partial charge < -0.3 is 14.6 Å². The number of aromatic amines is 1. The molecular weight excluding hydrogens is 361 g/mol. The number of carbonyl (C=O) groups is 1. The Morgan fingerprint density at radius 2 is 2.00 bits per heavy atom. The lowest BCUT2D eigenvalue weighted by Gasteiger charge is -2.25. The van der Waals surface area contributed by atoms with Crippen molar-refractivity contribution in [1.82, 2.24) is 14.9 Å². The van der Waals surface area contributed by atoms with E-state index in [0.29, 0.717) is 35.4 Å². The van der Waals surface area contributed by atoms with Gasteiger partial charge in [0.1, 0.15) is 11.6 Å². The summed E-state index contributed by atoms with van der Waals surface area (Å²) in [5, 5.41) is 0.502. The Morgan fingerprint density at radius 3 is 2.75 bits per heavy atom. The number of H-pyrrole nitrogens is 1. The number of nitrogens with one attached hydrogen (secondary N) is 1. The van der Waals surface area contributed by atoms with Crippen molar-refractivity contribution in [2.45, 2.75) is 25.5 Å². The van der Waals surface area contributed by atoms with Crippen molar-refractivity contribution in [1.29, 1.82) is 0 Å². The van der Waals surface area contributed by atoms with Crippen molar-refractivity contribution in [3.05, 3.63) is 76.1 Å². The molecule has 1 aliphatic rings. The fraction of sp³-hybridized carbons (Fsp3) is 0.286. The first-order chi connectivity index (χ1) is 13.6. The van der Waals surface area contributed by atoms with Gasteiger partial charge in [0.25, 0.3) is 11.5 Å². The van der Waals surface area contributed by atoms with Crippen LogP contribution in [0.15, 0.2) is 53.3 Å². The van der Waals surface area contributed by atoms with Crippen LogP contribution in [-0.2, 0) is 11.3 Å². The smallest absolute Gasteiger partial charge is 0.258 e. The summed E-state index contributed by atoms with van der Waals surface area (Å²) in [6.45, 7) is 1.19. The van der Waals surface area contributed by atoms with Gasteiger partial charge in [-0.15, -0.1) is 0 Å². The van der Waals surface area contributed by atoms with Gasteiger partial charge in [0.05, 0.1) is 23.6 Å². The largest absolute Gasteiger partial charge is 0.376 e. The van der Waals surface area contributed by atoms with E-state index in [1.807, 2.05) is 6.07 Å². The maximum atomic E-state index is 13.2. The number of halogens is 1. The van der Waals surface area contributed by atoms with Crippen LogP contribution in [0.2, 0.25) is 0 Å². The molecule has 0 aliphatic carbocycles. The second kappa shape index (κ2) is 7.90. The third-order valence-corrected chi connectivity index (χ3v) is 4.83. The van der Waals surface area contributed by atoms with E-state index in [2.05, 4.69) is 9.97 Å². The topological polar surface area (TPSA) is 75.3 Å². The van der Waals surface area contributed by atoms with E-state index in [1.54, 1.807) is 23.1 Å². The Labute approximate surface area is 161 Å². The monoisotopic (exact) mass is 381 g/mol. The fourth-order valence-electron chi connectivity index (χ4n) is 3.42. The second-order valence-electron chi connectivity index (χ2n) is 6.86. The molecule has 1 atom stereocenters. The molecule has 1 saturated heterocycles. The molecule has 1 aromatic heterocycles. The van der Waals surface area contributed by atoms with Crippen LogP contribution in [0, 0.1) is 5.82 Å². The van der Waals surface area contributed by atoms with Crippen LogP contribution in [0.4, 0.5) is 4.39 Å². The highest BCUT2D eigenvalue weighted by Crippen LogP contribution is 2.17. The number of carbonyl (C=O) groups excluding carboxylic acids is 1. The molecule has 1 amide bonds. The Morgan fingerprint density at radius 1 is 1.21 bits per heavy atom. The minimum Gasteiger partial charge on any atom is -0.376 e. The SMILES string of the molecule is O=C(c1ccc(F)cc1)N(Cc1nc2ccccc2c(=O)[nH]1)C[C@H]1CCCO1. The zero-order valence-electron chi connectivity index (χ0n) is 15.2. The molecule has 28 heavy (non-hydrogen) atoms. The Balaban J connectivity index is 1.64. The summed E-state index contributed by atoms with van der Waals surface area (Å²) in [5.74, 6) is -0.258. The predicted molar refractivity (Wildman–Crippen MR) is 102 cm³/mol. The van der Waals surface area contributed by atoms with Crippen LogP contribution >= 0.6 is 0 Å². The first-order valence-corrected chi connectivity index (χ1v) is 9.24. The van der Waals surface area contributed by atoms with E-state index in [1.165, 1.54) is 24.3 Å². The van der Waals surface area contributed by atoms with Gasteiger partial charge >= 0.3 is 0 Å². The maximum absolute atomic E-state index is 13.2. The van der Waals surface area contributed by atoms with Gasteiger partial charge in [-0.05, 0) is 49.2 Å². The van der Waals surface area contributed by atoms with Gasteiger partial charge in [0, 0.05) is 18.7 Å². The molecule has 6 nitrogen and oxygen atoms in total. The number of rotatable bonds is 5. The van der Waals surface area contributed by atoms with E-state index >= 15 is 0 Å². The molecule has 4 rings (SSSR count). The van der Waals surface area contributed by atoms with Crippen molar-refractivity contribution in [2.24, 2.45) is 0 Å². The van der Waals surface area contributed by atoms with Crippen molar-refractivity contribution < 1.29 is 13.9 Å². The number of nitrogens with zero attached hydrogens (tertiary/aromatic N) is 2. The molecule has 1 N–H and O–H groups in total. The summed E-state index contributed by atoms with van der Waals surface area (Å²) in [6, 6.07) is 12.5. The summed E-state index contributed by atoms with van der Waals surface area (Å²) in [5.41, 5.74) is 0.710. The highest BCUT2D eigenvalue weighted by Gasteiger charge is 2.24. The number of ether oxygens (including phenoxy) is 1. The molecule has 0 spiro atoms. The Bertz CT molecular complexity index is 1040. The standard InChI is InChI=1S/C21H20FN3O3/c22-15-9-7-14(8-10-15)21(27)25(12-16-4-3-11-28-16)13-19-23-18-6-2-1-5-17(18)20(26)24-19/h1-2,5-10,16H,3-4,11-13H2,(H,23,24,26)/t16-/m1/s1. The number of hydrogen-bond donors (Lipinski definition) is 1. The summed E-state index contributed by atoms with van der Waals surface area (Å²) in [6.07, 6.45) is 1.76. The van der Waals surface area contributed by atoms with Crippen LogP contribution in [-0.4, -0.2) is 40.0 Å². The van der Waals surface area contributed by atoms with E-state index in [-0.39, 0.29) is 24.1 Å². The Kier molecular flexibility index (Phi) is 5.16. The van der Waals surface area contributed by atoms with Gasteiger partial charge in [-0.2, -0.15) is 0 Å². The number of hydrogen-bond acceptors (Lipinski definition) is 4. The number of para-hydroxylation sites is 1. The quantitative estimate of drug-likeness (QED) is 0.737. The lowest BCUT2D eigenvalue weighted by Crippen LogP contribution is -2.37. The number of aromatic nitrogens is 2. The molecular formula is C21H20FN3O3. The molecule has 1 fully saturated rings. The lowest BCUT2D eigenvalue weighted by atomic mass is 10.1. The normalized spacial score (nSPS) is 16.4. The van der Waals surface area contributed by atoms with Crippen LogP contribution in [0.25, 0.3) is 10.9 Å². The number of fused-ring (bicyclic) bond motifs is 1. The van der Waals surface area contributed by atoms with E-state index in [4.69, 9.17) is 4.74 Å². The summed E-state index contributed by atoms with van der Waals surface area (Å²) in [7, 11) is 0. The van der Waals surface area contributed by atoms with Crippen molar-refractivity contribution >= 4 is 16.8 Å². The first-order valence-electron chi connectivity index (χ1n) is 9.24. The zero-order chi connectivity index (χ0) is 19.5. The van der Waals surface area contributed by atoms with Crippen molar-refractivity contribution in [3.63, 3.8) is 0 Å². The molecule has 0 saturated carbocycles. The van der Waals surface area contributed by atoms with E-state index in [0.717, 1.165) is 12.8 Å². The van der Waals surface area contributed by atoms with Gasteiger partial charge in [-0.3, -0.25) is 9.59 Å². The lowest BCUT2D eigenvalue weighted by molar-refractivity contribution is 0.0501. The molecule has 0 radical (unpaired) electrons. The van der Waals surface area contributed by atoms with Crippen LogP contribution < -0.4 is 5.56 Å². The molecule has 1 aliphatic heterocycles. The predicted octanol–water partition coefficient (Wildman–Crippen LogP) is 2.88. The fourth-order valence-corrected chi connectivity index (χ4v) is 3.42. The van der Waals surface area contributed by atoms with Crippen molar-refractivity contribution in [3.8, 4) is 0 Å². The average molecular weight is 381 g/mol.